The molecule has 0 fully saturated rings. The maximum Gasteiger partial charge on any atom is 0.161 e. The van der Waals surface area contributed by atoms with Crippen LogP contribution < -0.4 is 0 Å². The molecule has 302 valence electrons. The van der Waals surface area contributed by atoms with E-state index in [4.69, 9.17) is 9.97 Å². The molecule has 0 saturated heterocycles. The minimum absolute atomic E-state index is 0.708. The third-order valence-electron chi connectivity index (χ3n) is 13.2. The molecule has 0 aliphatic carbocycles. The molecule has 0 radical (unpaired) electrons. The summed E-state index contributed by atoms with van der Waals surface area (Å²) in [6, 6.07) is 85.2. The van der Waals surface area contributed by atoms with Crippen molar-refractivity contribution in [1.82, 2.24) is 14.5 Å². The Bertz CT molecular complexity index is 3960. The van der Waals surface area contributed by atoms with Crippen molar-refractivity contribution in [2.45, 2.75) is 0 Å². The minimum atomic E-state index is 0.708. The maximum absolute atomic E-state index is 5.37. The summed E-state index contributed by atoms with van der Waals surface area (Å²) in [7, 11) is 0. The van der Waals surface area contributed by atoms with Gasteiger partial charge in [-0.15, -0.1) is 0 Å². The fourth-order valence-corrected chi connectivity index (χ4v) is 10.1. The fraction of sp³-hybridized carbons (Fsp3) is 0. The van der Waals surface area contributed by atoms with E-state index in [1.807, 2.05) is 0 Å². The van der Waals surface area contributed by atoms with Crippen LogP contribution in [-0.2, 0) is 0 Å². The second-order valence-corrected chi connectivity index (χ2v) is 16.9. The molecule has 0 saturated carbocycles. The van der Waals surface area contributed by atoms with Gasteiger partial charge in [0.15, 0.2) is 5.82 Å². The molecule has 3 nitrogen and oxygen atoms in total. The molecule has 0 N–H and O–H groups in total. The number of hydrogen-bond donors (Lipinski definition) is 0. The standard InChI is InChI=1S/C62H39N3/c1-3-14-40(15-4-1)41-26-28-42(29-27-41)43-30-32-46(33-31-43)61-54-23-11-12-25-56(54)63-62(64-61)53-24-13-19-47-38-48(35-36-49(47)53)65-57-37-34-45-18-7-8-20-50(45)59(57)60-52-22-10-9-21-51(52)55(39-58(60)65)44-16-5-2-6-17-44/h1-39H. The van der Waals surface area contributed by atoms with Gasteiger partial charge in [-0.25, -0.2) is 9.97 Å². The van der Waals surface area contributed by atoms with Crippen LogP contribution in [0.3, 0.4) is 0 Å². The average Bonchev–Trinajstić information content (AvgIpc) is 3.73. The molecule has 2 heterocycles. The van der Waals surface area contributed by atoms with Crippen LogP contribution >= 0.6 is 0 Å². The van der Waals surface area contributed by atoms with E-state index in [0.717, 1.165) is 49.7 Å². The van der Waals surface area contributed by atoms with E-state index < -0.39 is 0 Å². The van der Waals surface area contributed by atoms with Gasteiger partial charge < -0.3 is 4.57 Å². The van der Waals surface area contributed by atoms with Crippen LogP contribution in [0, 0.1) is 0 Å². The molecular weight excluding hydrogens is 787 g/mol. The Labute approximate surface area is 376 Å². The zero-order valence-corrected chi connectivity index (χ0v) is 35.4. The van der Waals surface area contributed by atoms with Gasteiger partial charge in [-0.05, 0) is 96.0 Å². The van der Waals surface area contributed by atoms with Crippen LogP contribution in [0.25, 0.3) is 127 Å². The lowest BCUT2D eigenvalue weighted by atomic mass is 9.94. The molecule has 2 aromatic heterocycles. The molecule has 0 amide bonds. The summed E-state index contributed by atoms with van der Waals surface area (Å²) in [5, 5.41) is 10.8. The van der Waals surface area contributed by atoms with Crippen molar-refractivity contribution in [2.75, 3.05) is 0 Å². The number of fused-ring (bicyclic) bond motifs is 9. The quantitative estimate of drug-likeness (QED) is 0.167. The lowest BCUT2D eigenvalue weighted by molar-refractivity contribution is 1.19. The summed E-state index contributed by atoms with van der Waals surface area (Å²) < 4.78 is 2.47. The number of aromatic nitrogens is 3. The zero-order valence-electron chi connectivity index (χ0n) is 35.4. The van der Waals surface area contributed by atoms with Gasteiger partial charge in [-0.3, -0.25) is 0 Å². The van der Waals surface area contributed by atoms with Gasteiger partial charge in [-0.1, -0.05) is 206 Å². The lowest BCUT2D eigenvalue weighted by Gasteiger charge is -2.14. The Morgan fingerprint density at radius 3 is 1.60 bits per heavy atom. The first-order chi connectivity index (χ1) is 32.2. The van der Waals surface area contributed by atoms with Gasteiger partial charge in [0.2, 0.25) is 0 Å². The first-order valence-corrected chi connectivity index (χ1v) is 22.2. The van der Waals surface area contributed by atoms with E-state index in [-0.39, 0.29) is 0 Å². The number of para-hydroxylation sites is 1. The van der Waals surface area contributed by atoms with E-state index in [2.05, 4.69) is 241 Å². The maximum atomic E-state index is 5.37. The smallest absolute Gasteiger partial charge is 0.161 e. The van der Waals surface area contributed by atoms with Crippen LogP contribution in [0.1, 0.15) is 0 Å². The number of hydrogen-bond acceptors (Lipinski definition) is 2. The van der Waals surface area contributed by atoms with Crippen LogP contribution in [0.2, 0.25) is 0 Å². The topological polar surface area (TPSA) is 30.7 Å². The van der Waals surface area contributed by atoms with Gasteiger partial charge in [0.05, 0.1) is 22.2 Å². The SMILES string of the molecule is c1ccc(-c2ccc(-c3ccc(-c4nc(-c5cccc6cc(-n7c8ccc9ccccc9c8c8c9ccccc9c(-c9ccccc9)cc87)ccc56)nc5ccccc45)cc3)cc2)cc1. The van der Waals surface area contributed by atoms with Crippen molar-refractivity contribution in [2.24, 2.45) is 0 Å². The molecule has 3 heteroatoms. The molecule has 13 aromatic rings. The monoisotopic (exact) mass is 825 g/mol. The first kappa shape index (κ1) is 36.9. The summed E-state index contributed by atoms with van der Waals surface area (Å²) in [4.78, 5) is 10.6. The molecule has 11 aromatic carbocycles. The molecule has 65 heavy (non-hydrogen) atoms. The van der Waals surface area contributed by atoms with E-state index in [0.29, 0.717) is 5.82 Å². The van der Waals surface area contributed by atoms with Crippen LogP contribution in [0.5, 0.6) is 0 Å². The van der Waals surface area contributed by atoms with Gasteiger partial charge in [0.25, 0.3) is 0 Å². The second kappa shape index (κ2) is 15.0. The molecule has 0 aliphatic rings. The highest BCUT2D eigenvalue weighted by Gasteiger charge is 2.21. The normalized spacial score (nSPS) is 11.7. The highest BCUT2D eigenvalue weighted by molar-refractivity contribution is 6.30. The van der Waals surface area contributed by atoms with Gasteiger partial charge in [-0.2, -0.15) is 0 Å². The molecular formula is C62H39N3. The zero-order chi connectivity index (χ0) is 42.8. The lowest BCUT2D eigenvalue weighted by Crippen LogP contribution is -1.97. The largest absolute Gasteiger partial charge is 0.309 e. The highest BCUT2D eigenvalue weighted by Crippen LogP contribution is 2.44. The molecule has 0 aliphatic heterocycles. The summed E-state index contributed by atoms with van der Waals surface area (Å²) in [5.74, 6) is 0.708. The van der Waals surface area contributed by atoms with Gasteiger partial charge in [0, 0.05) is 33.0 Å². The number of nitrogens with zero attached hydrogens (tertiary/aromatic N) is 3. The second-order valence-electron chi connectivity index (χ2n) is 16.9. The average molecular weight is 826 g/mol. The fourth-order valence-electron chi connectivity index (χ4n) is 10.1. The van der Waals surface area contributed by atoms with Crippen molar-refractivity contribution in [3.8, 4) is 61.7 Å². The Balaban J connectivity index is 0.951. The third kappa shape index (κ3) is 6.12. The van der Waals surface area contributed by atoms with Crippen molar-refractivity contribution in [1.29, 1.82) is 0 Å². The summed E-state index contributed by atoms with van der Waals surface area (Å²) in [6.07, 6.45) is 0. The van der Waals surface area contributed by atoms with Crippen molar-refractivity contribution in [3.63, 3.8) is 0 Å². The van der Waals surface area contributed by atoms with Crippen molar-refractivity contribution in [3.05, 3.63) is 237 Å². The Hall–Kier alpha value is -8.66. The predicted molar refractivity (Wildman–Crippen MR) is 274 cm³/mol. The van der Waals surface area contributed by atoms with Gasteiger partial charge >= 0.3 is 0 Å². The molecule has 0 bridgehead atoms. The van der Waals surface area contributed by atoms with Crippen LogP contribution in [0.15, 0.2) is 237 Å². The van der Waals surface area contributed by atoms with Gasteiger partial charge in [0.1, 0.15) is 0 Å². The van der Waals surface area contributed by atoms with E-state index >= 15 is 0 Å². The summed E-state index contributed by atoms with van der Waals surface area (Å²) >= 11 is 0. The van der Waals surface area contributed by atoms with Crippen LogP contribution in [0.4, 0.5) is 0 Å². The Morgan fingerprint density at radius 2 is 0.862 bits per heavy atom. The Morgan fingerprint density at radius 1 is 0.292 bits per heavy atom. The van der Waals surface area contributed by atoms with E-state index in [9.17, 15) is 0 Å². The van der Waals surface area contributed by atoms with Crippen molar-refractivity contribution >= 4 is 65.0 Å². The Kier molecular flexibility index (Phi) is 8.53. The minimum Gasteiger partial charge on any atom is -0.309 e. The summed E-state index contributed by atoms with van der Waals surface area (Å²) in [6.45, 7) is 0. The molecule has 13 rings (SSSR count). The van der Waals surface area contributed by atoms with E-state index in [1.54, 1.807) is 0 Å². The predicted octanol–water partition coefficient (Wildman–Crippen LogP) is 16.5. The summed E-state index contributed by atoms with van der Waals surface area (Å²) in [5.41, 5.74) is 14.6. The third-order valence-corrected chi connectivity index (χ3v) is 13.2. The first-order valence-electron chi connectivity index (χ1n) is 22.2. The molecule has 0 atom stereocenters. The van der Waals surface area contributed by atoms with Crippen LogP contribution in [-0.4, -0.2) is 14.5 Å². The number of rotatable bonds is 6. The molecule has 0 spiro atoms. The van der Waals surface area contributed by atoms with Crippen molar-refractivity contribution < 1.29 is 0 Å². The molecule has 0 unspecified atom stereocenters. The highest BCUT2D eigenvalue weighted by atomic mass is 15.0. The van der Waals surface area contributed by atoms with E-state index in [1.165, 1.54) is 71.2 Å². The number of benzene rings is 11.